The molecule has 5 rings (SSSR count). The molecule has 0 spiro atoms. The molecule has 3 aliphatic rings. The topological polar surface area (TPSA) is 76.2 Å². The average Bonchev–Trinajstić information content (AvgIpc) is 3.37. The number of hydrogen-bond donors (Lipinski definition) is 1. The number of piperidine rings is 3. The molecule has 7 heteroatoms. The molecule has 4 atom stereocenters. The van der Waals surface area contributed by atoms with Crippen molar-refractivity contribution in [2.45, 2.75) is 58.2 Å². The van der Waals surface area contributed by atoms with Gasteiger partial charge in [0.1, 0.15) is 5.76 Å². The fourth-order valence-electron chi connectivity index (χ4n) is 4.46. The van der Waals surface area contributed by atoms with Crippen molar-refractivity contribution in [3.63, 3.8) is 0 Å². The van der Waals surface area contributed by atoms with Crippen LogP contribution in [0.15, 0.2) is 29.0 Å². The third-order valence-electron chi connectivity index (χ3n) is 6.00. The molecule has 2 bridgehead atoms. The minimum Gasteiger partial charge on any atom is -0.467 e. The predicted molar refractivity (Wildman–Crippen MR) is 101 cm³/mol. The largest absolute Gasteiger partial charge is 0.467 e. The molecule has 2 aromatic heterocycles. The summed E-state index contributed by atoms with van der Waals surface area (Å²) >= 11 is 0. The van der Waals surface area contributed by atoms with Crippen molar-refractivity contribution in [1.29, 1.82) is 0 Å². The molecular formula is C20H29N5O2. The molecule has 0 saturated carbocycles. The van der Waals surface area contributed by atoms with Crippen LogP contribution in [-0.2, 0) is 24.3 Å². The van der Waals surface area contributed by atoms with Gasteiger partial charge >= 0.3 is 0 Å². The normalized spacial score (nSPS) is 27.0. The lowest BCUT2D eigenvalue weighted by atomic mass is 9.75. The summed E-state index contributed by atoms with van der Waals surface area (Å²) in [5.74, 6) is 1.50. The summed E-state index contributed by atoms with van der Waals surface area (Å²) in [6.45, 7) is 5.46. The Balaban J connectivity index is 1.30. The second-order valence-corrected chi connectivity index (χ2v) is 7.87. The zero-order valence-corrected chi connectivity index (χ0v) is 16.0. The van der Waals surface area contributed by atoms with Crippen LogP contribution in [0.5, 0.6) is 0 Å². The van der Waals surface area contributed by atoms with Gasteiger partial charge in [0.2, 0.25) is 5.91 Å². The first-order chi connectivity index (χ1) is 13.2. The van der Waals surface area contributed by atoms with Crippen LogP contribution in [0.3, 0.4) is 0 Å². The number of nitrogens with zero attached hydrogens (tertiary/aromatic N) is 4. The zero-order chi connectivity index (χ0) is 18.6. The molecule has 3 saturated heterocycles. The molecule has 0 aromatic carbocycles. The van der Waals surface area contributed by atoms with Crippen molar-refractivity contribution < 1.29 is 9.21 Å². The molecule has 5 heterocycles. The van der Waals surface area contributed by atoms with Crippen molar-refractivity contribution in [2.75, 3.05) is 13.1 Å². The maximum Gasteiger partial charge on any atom is 0.225 e. The number of unbranched alkanes of at least 4 members (excludes halogenated alkanes) is 1. The molecule has 3 fully saturated rings. The lowest BCUT2D eigenvalue weighted by Gasteiger charge is -2.49. The number of aromatic nitrogens is 3. The lowest BCUT2D eigenvalue weighted by molar-refractivity contribution is -0.133. The van der Waals surface area contributed by atoms with Crippen molar-refractivity contribution >= 4 is 5.91 Å². The van der Waals surface area contributed by atoms with Gasteiger partial charge in [0.15, 0.2) is 0 Å². The maximum absolute atomic E-state index is 12.6. The first kappa shape index (κ1) is 18.2. The Morgan fingerprint density at radius 2 is 2.37 bits per heavy atom. The van der Waals surface area contributed by atoms with Gasteiger partial charge in [-0.05, 0) is 50.3 Å². The zero-order valence-electron chi connectivity index (χ0n) is 16.0. The van der Waals surface area contributed by atoms with Gasteiger partial charge in [-0.3, -0.25) is 14.4 Å². The van der Waals surface area contributed by atoms with E-state index in [1.807, 2.05) is 16.8 Å². The standard InChI is InChI=1S/C20H29N5O2/c1-2-3-5-16-12-25(23-22-16)13-17-10-15-7-8-24(17)14-19(15)20(26)21-11-18-6-4-9-27-18/h4,6,9,12,15,17,19H,2-3,5,7-8,10-11,13-14H2,1H3,(H,21,26)/t15-,17+,19-/m0/s1. The minimum absolute atomic E-state index is 0.0841. The fourth-order valence-corrected chi connectivity index (χ4v) is 4.46. The van der Waals surface area contributed by atoms with E-state index in [9.17, 15) is 4.79 Å². The van der Waals surface area contributed by atoms with E-state index in [-0.39, 0.29) is 11.8 Å². The minimum atomic E-state index is 0.0841. The van der Waals surface area contributed by atoms with Gasteiger partial charge in [-0.25, -0.2) is 0 Å². The number of aryl methyl sites for hydroxylation is 1. The van der Waals surface area contributed by atoms with Crippen LogP contribution in [0.1, 0.15) is 44.1 Å². The highest BCUT2D eigenvalue weighted by Crippen LogP contribution is 2.37. The van der Waals surface area contributed by atoms with E-state index < -0.39 is 0 Å². The van der Waals surface area contributed by atoms with E-state index in [0.717, 1.165) is 56.8 Å². The molecule has 1 amide bonds. The van der Waals surface area contributed by atoms with E-state index in [1.54, 1.807) is 6.26 Å². The number of hydrogen-bond acceptors (Lipinski definition) is 5. The summed E-state index contributed by atoms with van der Waals surface area (Å²) in [7, 11) is 0. The second-order valence-electron chi connectivity index (χ2n) is 7.87. The Bertz CT molecular complexity index is 741. The number of fused-ring (bicyclic) bond motifs is 3. The summed E-state index contributed by atoms with van der Waals surface area (Å²) in [6.07, 6.45) is 9.23. The summed E-state index contributed by atoms with van der Waals surface area (Å²) in [5.41, 5.74) is 1.09. The van der Waals surface area contributed by atoms with Gasteiger partial charge < -0.3 is 9.73 Å². The van der Waals surface area contributed by atoms with E-state index in [2.05, 4.69) is 33.6 Å². The van der Waals surface area contributed by atoms with Crippen LogP contribution in [0.4, 0.5) is 0 Å². The highest BCUT2D eigenvalue weighted by molar-refractivity contribution is 5.79. The Morgan fingerprint density at radius 1 is 1.44 bits per heavy atom. The summed E-state index contributed by atoms with van der Waals surface area (Å²) < 4.78 is 7.29. The number of amides is 1. The van der Waals surface area contributed by atoms with Crippen LogP contribution < -0.4 is 5.32 Å². The number of carbonyl (C=O) groups is 1. The Kier molecular flexibility index (Phi) is 5.57. The molecule has 2 aromatic rings. The van der Waals surface area contributed by atoms with Gasteiger partial charge in [-0.1, -0.05) is 18.6 Å². The first-order valence-corrected chi connectivity index (χ1v) is 10.2. The molecule has 1 unspecified atom stereocenters. The van der Waals surface area contributed by atoms with Gasteiger partial charge in [0.25, 0.3) is 0 Å². The van der Waals surface area contributed by atoms with Crippen molar-refractivity contribution in [3.8, 4) is 0 Å². The number of nitrogens with one attached hydrogen (secondary N) is 1. The van der Waals surface area contributed by atoms with E-state index >= 15 is 0 Å². The van der Waals surface area contributed by atoms with Gasteiger partial charge in [-0.15, -0.1) is 5.10 Å². The van der Waals surface area contributed by atoms with E-state index in [4.69, 9.17) is 4.42 Å². The summed E-state index contributed by atoms with van der Waals surface area (Å²) in [6, 6.07) is 4.19. The maximum atomic E-state index is 12.6. The Labute approximate surface area is 160 Å². The molecule has 27 heavy (non-hydrogen) atoms. The Morgan fingerprint density at radius 3 is 3.11 bits per heavy atom. The molecule has 1 N–H and O–H groups in total. The first-order valence-electron chi connectivity index (χ1n) is 10.2. The monoisotopic (exact) mass is 371 g/mol. The predicted octanol–water partition coefficient (Wildman–Crippen LogP) is 2.24. The quantitative estimate of drug-likeness (QED) is 0.770. The smallest absolute Gasteiger partial charge is 0.225 e. The molecule has 0 radical (unpaired) electrons. The highest BCUT2D eigenvalue weighted by Gasteiger charge is 2.43. The Hall–Kier alpha value is -2.15. The number of carbonyl (C=O) groups excluding carboxylic acids is 1. The van der Waals surface area contributed by atoms with Gasteiger partial charge in [0.05, 0.1) is 31.0 Å². The second kappa shape index (κ2) is 8.25. The number of rotatable bonds is 8. The molecule has 3 aliphatic heterocycles. The summed E-state index contributed by atoms with van der Waals surface area (Å²) in [4.78, 5) is 15.1. The van der Waals surface area contributed by atoms with E-state index in [1.165, 1.54) is 6.42 Å². The molecular weight excluding hydrogens is 342 g/mol. The van der Waals surface area contributed by atoms with Crippen LogP contribution >= 0.6 is 0 Å². The lowest BCUT2D eigenvalue weighted by Crippen LogP contribution is -2.57. The third kappa shape index (κ3) is 4.24. The fraction of sp³-hybridized carbons (Fsp3) is 0.650. The van der Waals surface area contributed by atoms with Crippen molar-refractivity contribution in [1.82, 2.24) is 25.2 Å². The average molecular weight is 371 g/mol. The SMILES string of the molecule is CCCCc1cn(C[C@H]2C[C@@H]3CCN2C[C@@H]3C(=O)NCc2ccco2)nn1. The number of furan rings is 1. The van der Waals surface area contributed by atoms with Gasteiger partial charge in [0, 0.05) is 18.8 Å². The molecule has 7 nitrogen and oxygen atoms in total. The summed E-state index contributed by atoms with van der Waals surface area (Å²) in [5, 5.41) is 11.6. The van der Waals surface area contributed by atoms with Crippen LogP contribution in [0.25, 0.3) is 0 Å². The molecule has 146 valence electrons. The van der Waals surface area contributed by atoms with Crippen LogP contribution in [0.2, 0.25) is 0 Å². The molecule has 0 aliphatic carbocycles. The van der Waals surface area contributed by atoms with Crippen molar-refractivity contribution in [3.05, 3.63) is 36.0 Å². The van der Waals surface area contributed by atoms with Crippen LogP contribution in [0, 0.1) is 11.8 Å². The highest BCUT2D eigenvalue weighted by atomic mass is 16.3. The van der Waals surface area contributed by atoms with Crippen molar-refractivity contribution in [2.24, 2.45) is 11.8 Å². The third-order valence-corrected chi connectivity index (χ3v) is 6.00. The van der Waals surface area contributed by atoms with E-state index in [0.29, 0.717) is 18.5 Å². The van der Waals surface area contributed by atoms with Gasteiger partial charge in [-0.2, -0.15) is 0 Å². The van der Waals surface area contributed by atoms with Crippen LogP contribution in [-0.4, -0.2) is 44.9 Å².